The van der Waals surface area contributed by atoms with Gasteiger partial charge >= 0.3 is 0 Å². The maximum Gasteiger partial charge on any atom is 0.139 e. The van der Waals surface area contributed by atoms with Crippen molar-refractivity contribution in [3.63, 3.8) is 0 Å². The van der Waals surface area contributed by atoms with E-state index in [0.29, 0.717) is 0 Å². The largest absolute Gasteiger partial charge is 0.456 e. The lowest BCUT2D eigenvalue weighted by molar-refractivity contribution is 0.419. The average molecular weight is 834 g/mol. The molecule has 0 saturated carbocycles. The van der Waals surface area contributed by atoms with Crippen molar-refractivity contribution in [2.75, 3.05) is 4.90 Å². The van der Waals surface area contributed by atoms with Crippen molar-refractivity contribution < 1.29 is 4.74 Å². The summed E-state index contributed by atoms with van der Waals surface area (Å²) in [5.41, 5.74) is 21.1. The Bertz CT molecular complexity index is 3050. The van der Waals surface area contributed by atoms with Crippen LogP contribution < -0.4 is 9.64 Å². The number of ether oxygens (including phenoxy) is 1. The summed E-state index contributed by atoms with van der Waals surface area (Å²) in [5.74, 6) is 1.95. The molecule has 308 valence electrons. The van der Waals surface area contributed by atoms with E-state index in [0.717, 1.165) is 28.6 Å². The van der Waals surface area contributed by atoms with Crippen LogP contribution in [-0.2, 0) is 21.7 Å². The lowest BCUT2D eigenvalue weighted by atomic mass is 9.74. The molecule has 2 heterocycles. The van der Waals surface area contributed by atoms with Gasteiger partial charge in [0.2, 0.25) is 0 Å². The van der Waals surface area contributed by atoms with E-state index in [1.165, 1.54) is 87.7 Å². The second-order valence-electron chi connectivity index (χ2n) is 20.1. The number of benzene rings is 8. The molecule has 12 rings (SSSR count). The molecular weight excluding hydrogens is 783 g/mol. The Kier molecular flexibility index (Phi) is 8.00. The van der Waals surface area contributed by atoms with Gasteiger partial charge in [0.15, 0.2) is 0 Å². The number of hydrogen-bond donors (Lipinski definition) is 0. The monoisotopic (exact) mass is 833 g/mol. The number of nitrogens with zero attached hydrogens (tertiary/aromatic N) is 1. The van der Waals surface area contributed by atoms with Crippen molar-refractivity contribution in [1.29, 1.82) is 0 Å². The highest BCUT2D eigenvalue weighted by Crippen LogP contribution is 2.61. The first kappa shape index (κ1) is 38.4. The lowest BCUT2D eigenvalue weighted by Crippen LogP contribution is -2.25. The number of anilines is 3. The maximum absolute atomic E-state index is 6.91. The van der Waals surface area contributed by atoms with Crippen LogP contribution in [0.1, 0.15) is 99.9 Å². The first-order chi connectivity index (χ1) is 30.3. The first-order valence-electron chi connectivity index (χ1n) is 22.4. The minimum absolute atomic E-state index is 0.0884. The van der Waals surface area contributed by atoms with Crippen LogP contribution in [0.3, 0.4) is 0 Å². The fourth-order valence-corrected chi connectivity index (χ4v) is 13.1. The molecule has 0 aromatic heterocycles. The van der Waals surface area contributed by atoms with Gasteiger partial charge in [-0.05, 0) is 104 Å². The Morgan fingerprint density at radius 2 is 0.873 bits per heavy atom. The molecule has 63 heavy (non-hydrogen) atoms. The van der Waals surface area contributed by atoms with Crippen LogP contribution in [0, 0.1) is 0 Å². The molecule has 8 aromatic carbocycles. The van der Waals surface area contributed by atoms with Crippen LogP contribution >= 0.6 is 11.8 Å². The fourth-order valence-electron chi connectivity index (χ4n) is 11.6. The fraction of sp³-hybridized carbons (Fsp3) is 0.200. The molecule has 0 bridgehead atoms. The van der Waals surface area contributed by atoms with E-state index < -0.39 is 0 Å². The highest BCUT2D eigenvalue weighted by Gasteiger charge is 2.45. The maximum atomic E-state index is 6.91. The summed E-state index contributed by atoms with van der Waals surface area (Å²) < 4.78 is 6.91. The summed E-state index contributed by atoms with van der Waals surface area (Å²) in [6.07, 6.45) is 0. The number of para-hydroxylation sites is 1. The lowest BCUT2D eigenvalue weighted by Gasteiger charge is -2.36. The topological polar surface area (TPSA) is 12.5 Å². The summed E-state index contributed by atoms with van der Waals surface area (Å²) in [5, 5.41) is 0. The van der Waals surface area contributed by atoms with Crippen LogP contribution in [0.2, 0.25) is 0 Å². The van der Waals surface area contributed by atoms with Crippen molar-refractivity contribution in [2.45, 2.75) is 86.8 Å². The van der Waals surface area contributed by atoms with Crippen molar-refractivity contribution in [2.24, 2.45) is 0 Å². The number of rotatable bonds is 4. The van der Waals surface area contributed by atoms with Gasteiger partial charge in [0.25, 0.3) is 0 Å². The van der Waals surface area contributed by atoms with Crippen molar-refractivity contribution in [1.82, 2.24) is 0 Å². The molecule has 2 aliphatic heterocycles. The molecule has 0 radical (unpaired) electrons. The zero-order valence-electron chi connectivity index (χ0n) is 37.4. The zero-order valence-corrected chi connectivity index (χ0v) is 38.2. The van der Waals surface area contributed by atoms with Gasteiger partial charge in [-0.25, -0.2) is 0 Å². The smallest absolute Gasteiger partial charge is 0.139 e. The Balaban J connectivity index is 1.02. The molecule has 0 fully saturated rings. The van der Waals surface area contributed by atoms with Gasteiger partial charge in [-0.15, -0.1) is 0 Å². The predicted octanol–water partition coefficient (Wildman–Crippen LogP) is 16.7. The van der Waals surface area contributed by atoms with Crippen LogP contribution in [0.4, 0.5) is 17.1 Å². The van der Waals surface area contributed by atoms with Crippen molar-refractivity contribution in [3.8, 4) is 44.9 Å². The van der Waals surface area contributed by atoms with E-state index in [4.69, 9.17) is 4.74 Å². The van der Waals surface area contributed by atoms with Crippen LogP contribution in [-0.4, -0.2) is 0 Å². The van der Waals surface area contributed by atoms with Gasteiger partial charge in [-0.1, -0.05) is 182 Å². The molecule has 2 aliphatic carbocycles. The third kappa shape index (κ3) is 5.33. The van der Waals surface area contributed by atoms with Crippen LogP contribution in [0.5, 0.6) is 11.5 Å². The van der Waals surface area contributed by atoms with E-state index >= 15 is 0 Å². The predicted molar refractivity (Wildman–Crippen MR) is 263 cm³/mol. The van der Waals surface area contributed by atoms with E-state index in [-0.39, 0.29) is 21.7 Å². The molecule has 0 unspecified atom stereocenters. The summed E-state index contributed by atoms with van der Waals surface area (Å²) in [6, 6.07) is 61.2. The molecule has 0 atom stereocenters. The summed E-state index contributed by atoms with van der Waals surface area (Å²) in [7, 11) is 0. The number of fused-ring (bicyclic) bond motifs is 12. The average Bonchev–Trinajstić information content (AvgIpc) is 3.66. The Labute approximate surface area is 376 Å². The highest BCUT2D eigenvalue weighted by molar-refractivity contribution is 7.99. The molecule has 0 amide bonds. The third-order valence-electron chi connectivity index (χ3n) is 15.2. The SMILES string of the molecule is CC1(C)c2ccccc2Oc2c1ccc1c2-c2ccc(N(c3ccc(-c4ccccc4)cc3)c3ccc4c(c3)C(C)(C)c3ccc5c(c3-4)Sc3ccccc3C5(C)C)cc2C1(C)C. The molecular formula is C60H51NOS. The molecule has 8 aromatic rings. The Hall–Kier alpha value is -6.29. The molecule has 2 nitrogen and oxygen atoms in total. The van der Waals surface area contributed by atoms with Crippen LogP contribution in [0.25, 0.3) is 33.4 Å². The second-order valence-corrected chi connectivity index (χ2v) is 21.2. The van der Waals surface area contributed by atoms with E-state index in [1.807, 2.05) is 11.8 Å². The third-order valence-corrected chi connectivity index (χ3v) is 16.4. The van der Waals surface area contributed by atoms with E-state index in [9.17, 15) is 0 Å². The summed E-state index contributed by atoms with van der Waals surface area (Å²) >= 11 is 1.95. The number of hydrogen-bond acceptors (Lipinski definition) is 3. The van der Waals surface area contributed by atoms with Gasteiger partial charge in [0.05, 0.1) is 0 Å². The van der Waals surface area contributed by atoms with E-state index in [1.54, 1.807) is 0 Å². The van der Waals surface area contributed by atoms with E-state index in [2.05, 4.69) is 224 Å². The minimum atomic E-state index is -0.242. The van der Waals surface area contributed by atoms with Crippen molar-refractivity contribution in [3.05, 3.63) is 208 Å². The van der Waals surface area contributed by atoms with Gasteiger partial charge in [-0.2, -0.15) is 0 Å². The van der Waals surface area contributed by atoms with Gasteiger partial charge in [0.1, 0.15) is 11.5 Å². The Morgan fingerprint density at radius 1 is 0.381 bits per heavy atom. The normalized spacial score (nSPS) is 16.8. The quantitative estimate of drug-likeness (QED) is 0.175. The minimum Gasteiger partial charge on any atom is -0.456 e. The van der Waals surface area contributed by atoms with Crippen molar-refractivity contribution >= 4 is 28.8 Å². The van der Waals surface area contributed by atoms with Gasteiger partial charge < -0.3 is 9.64 Å². The molecule has 0 N–H and O–H groups in total. The van der Waals surface area contributed by atoms with Crippen LogP contribution in [0.15, 0.2) is 174 Å². The highest BCUT2D eigenvalue weighted by atomic mass is 32.2. The zero-order chi connectivity index (χ0) is 43.2. The first-order valence-corrected chi connectivity index (χ1v) is 23.2. The molecule has 0 saturated heterocycles. The van der Waals surface area contributed by atoms with Gasteiger partial charge in [-0.3, -0.25) is 0 Å². The summed E-state index contributed by atoms with van der Waals surface area (Å²) in [4.78, 5) is 5.24. The molecule has 0 spiro atoms. The van der Waals surface area contributed by atoms with Gasteiger partial charge in [0, 0.05) is 70.8 Å². The Morgan fingerprint density at radius 3 is 1.56 bits per heavy atom. The molecule has 3 heteroatoms. The summed E-state index contributed by atoms with van der Waals surface area (Å²) in [6.45, 7) is 19.0. The second kappa shape index (κ2) is 13.1. The standard InChI is InChI=1S/C60H51NOS/c1-57(2)43-18-12-14-20-51(43)62-55-47(57)32-30-45-53(55)41-28-26-39(34-49(41)59(45,5)6)61(38-24-22-37(23-25-38)36-16-10-9-11-17-36)40-27-29-42-50(35-40)60(7,8)46-31-33-48-56(54(42)46)63-52-21-15-13-19-44(52)58(48,3)4/h9-35H,1-8H3. The molecule has 4 aliphatic rings.